The number of fused-ring (bicyclic) bond motifs is 7. The smallest absolute Gasteiger partial charge is 0.394 e. The molecule has 14 nitrogen and oxygen atoms in total. The maximum atomic E-state index is 11.3. The van der Waals surface area contributed by atoms with Crippen LogP contribution < -0.4 is 0 Å². The van der Waals surface area contributed by atoms with Crippen molar-refractivity contribution in [3.63, 3.8) is 0 Å². The third kappa shape index (κ3) is 5.82. The summed E-state index contributed by atoms with van der Waals surface area (Å²) in [4.78, 5) is 44.4. The summed E-state index contributed by atoms with van der Waals surface area (Å²) < 4.78 is 51.3. The van der Waals surface area contributed by atoms with Gasteiger partial charge in [-0.3, -0.25) is 28.3 Å². The summed E-state index contributed by atoms with van der Waals surface area (Å²) in [6.07, 6.45) is 5.68. The molecule has 4 bridgehead atoms. The van der Waals surface area contributed by atoms with Gasteiger partial charge in [-0.15, -0.1) is 0 Å². The molecule has 0 amide bonds. The van der Waals surface area contributed by atoms with Gasteiger partial charge in [0.15, 0.2) is 0 Å². The van der Waals surface area contributed by atoms with E-state index in [2.05, 4.69) is 9.47 Å². The fourth-order valence-electron chi connectivity index (χ4n) is 4.12. The molecule has 0 aromatic carbocycles. The monoisotopic (exact) mass is 494 g/mol. The Balaban J connectivity index is 0.000000185. The van der Waals surface area contributed by atoms with Crippen molar-refractivity contribution in [1.29, 1.82) is 0 Å². The highest BCUT2D eigenvalue weighted by Gasteiger charge is 2.59. The van der Waals surface area contributed by atoms with Crippen LogP contribution in [0, 0.1) is 23.7 Å². The molecule has 0 aromatic rings. The molecule has 0 saturated carbocycles. The zero-order chi connectivity index (χ0) is 25.1. The Kier molecular flexibility index (Phi) is 8.45. The van der Waals surface area contributed by atoms with Gasteiger partial charge in [0.1, 0.15) is 23.7 Å². The molecular formula is C18H22O14S. The van der Waals surface area contributed by atoms with E-state index in [4.69, 9.17) is 37.2 Å². The zero-order valence-corrected chi connectivity index (χ0v) is 18.0. The van der Waals surface area contributed by atoms with Crippen molar-refractivity contribution >= 4 is 34.3 Å². The molecule has 184 valence electrons. The number of carboxylic acids is 1. The van der Waals surface area contributed by atoms with Gasteiger partial charge < -0.3 is 29.2 Å². The summed E-state index contributed by atoms with van der Waals surface area (Å²) in [5.74, 6) is -4.64. The minimum Gasteiger partial charge on any atom is -0.481 e. The van der Waals surface area contributed by atoms with E-state index in [1.807, 2.05) is 12.2 Å². The second-order valence-corrected chi connectivity index (χ2v) is 7.95. The first-order valence-corrected chi connectivity index (χ1v) is 10.7. The summed E-state index contributed by atoms with van der Waals surface area (Å²) >= 11 is 0. The molecule has 5 rings (SSSR count). The highest BCUT2D eigenvalue weighted by molar-refractivity contribution is 7.79. The van der Waals surface area contributed by atoms with E-state index in [9.17, 15) is 19.2 Å². The molecule has 8 atom stereocenters. The molecule has 0 spiro atoms. The predicted octanol–water partition coefficient (Wildman–Crippen LogP) is -1.59. The van der Waals surface area contributed by atoms with E-state index in [0.717, 1.165) is 7.11 Å². The van der Waals surface area contributed by atoms with Crippen molar-refractivity contribution in [2.75, 3.05) is 14.2 Å². The number of cyclic esters (lactones) is 2. The molecule has 33 heavy (non-hydrogen) atoms. The van der Waals surface area contributed by atoms with Gasteiger partial charge in [0.05, 0.1) is 31.5 Å². The average molecular weight is 494 g/mol. The first kappa shape index (κ1) is 26.6. The number of hydrogen-bond acceptors (Lipinski definition) is 11. The topological polar surface area (TPSA) is 220 Å². The van der Waals surface area contributed by atoms with E-state index >= 15 is 0 Å². The number of aliphatic hydroxyl groups is 1. The highest BCUT2D eigenvalue weighted by Crippen LogP contribution is 2.44. The van der Waals surface area contributed by atoms with Gasteiger partial charge in [-0.2, -0.15) is 8.42 Å². The Bertz CT molecular complexity index is 917. The summed E-state index contributed by atoms with van der Waals surface area (Å²) in [6.45, 7) is 0. The molecular weight excluding hydrogens is 472 g/mol. The highest BCUT2D eigenvalue weighted by atomic mass is 32.3. The van der Waals surface area contributed by atoms with Crippen LogP contribution in [0.5, 0.6) is 0 Å². The van der Waals surface area contributed by atoms with Crippen molar-refractivity contribution < 1.29 is 65.9 Å². The Morgan fingerprint density at radius 3 is 1.61 bits per heavy atom. The number of ether oxygens (including phenoxy) is 4. The van der Waals surface area contributed by atoms with Crippen LogP contribution in [0.3, 0.4) is 0 Å². The first-order valence-electron chi connectivity index (χ1n) is 9.30. The van der Waals surface area contributed by atoms with Crippen LogP contribution in [0.1, 0.15) is 0 Å². The molecule has 5 aliphatic heterocycles. The molecule has 3 fully saturated rings. The largest absolute Gasteiger partial charge is 0.481 e. The predicted molar refractivity (Wildman–Crippen MR) is 103 cm³/mol. The minimum atomic E-state index is -4.67. The Labute approximate surface area is 187 Å². The van der Waals surface area contributed by atoms with Crippen molar-refractivity contribution in [1.82, 2.24) is 0 Å². The van der Waals surface area contributed by atoms with Crippen LogP contribution in [0.4, 0.5) is 0 Å². The van der Waals surface area contributed by atoms with Gasteiger partial charge in [0.2, 0.25) is 0 Å². The van der Waals surface area contributed by atoms with Crippen LogP contribution in [-0.2, 0) is 48.5 Å². The van der Waals surface area contributed by atoms with Gasteiger partial charge in [0.25, 0.3) is 0 Å². The van der Waals surface area contributed by atoms with Crippen molar-refractivity contribution in [3.05, 3.63) is 24.3 Å². The van der Waals surface area contributed by atoms with Crippen molar-refractivity contribution in [3.8, 4) is 0 Å². The van der Waals surface area contributed by atoms with Gasteiger partial charge >= 0.3 is 34.3 Å². The number of rotatable bonds is 2. The number of methoxy groups -OCH3 is 1. The summed E-state index contributed by atoms with van der Waals surface area (Å²) in [5.41, 5.74) is 0. The maximum Gasteiger partial charge on any atom is 0.394 e. The second kappa shape index (κ2) is 10.5. The number of aliphatic carboxylic acids is 1. The first-order chi connectivity index (χ1) is 15.4. The van der Waals surface area contributed by atoms with E-state index in [0.29, 0.717) is 0 Å². The van der Waals surface area contributed by atoms with E-state index < -0.39 is 58.3 Å². The Hall–Kier alpha value is -2.69. The molecule has 5 aliphatic rings. The van der Waals surface area contributed by atoms with Crippen LogP contribution in [0.25, 0.3) is 0 Å². The number of aliphatic hydroxyl groups excluding tert-OH is 1. The summed E-state index contributed by atoms with van der Waals surface area (Å²) in [6, 6.07) is 0. The molecule has 4 N–H and O–H groups in total. The number of hydrogen-bond donors (Lipinski definition) is 4. The van der Waals surface area contributed by atoms with Gasteiger partial charge in [-0.05, 0) is 0 Å². The molecule has 0 aromatic heterocycles. The second-order valence-electron chi connectivity index (χ2n) is 7.05. The Morgan fingerprint density at radius 1 is 0.848 bits per heavy atom. The molecule has 0 radical (unpaired) electrons. The molecule has 15 heteroatoms. The van der Waals surface area contributed by atoms with Crippen LogP contribution >= 0.6 is 0 Å². The molecule has 5 heterocycles. The van der Waals surface area contributed by atoms with Crippen LogP contribution in [-0.4, -0.2) is 90.2 Å². The number of carboxylic acid groups (broad SMARTS) is 1. The van der Waals surface area contributed by atoms with E-state index in [1.54, 1.807) is 12.2 Å². The summed E-state index contributed by atoms with van der Waals surface area (Å²) in [7, 11) is -2.42. The molecule has 3 saturated heterocycles. The maximum absolute atomic E-state index is 11.3. The SMILES string of the molecule is CO.COC(=O)C1C2C=CC(O2)C1C(=O)O.O=C1OC(=O)C2C3C=CC(O3)C12.O=S(=O)(O)O. The minimum absolute atomic E-state index is 0.223. The van der Waals surface area contributed by atoms with E-state index in [-0.39, 0.29) is 24.0 Å². The lowest BCUT2D eigenvalue weighted by Gasteiger charge is -2.18. The summed E-state index contributed by atoms with van der Waals surface area (Å²) in [5, 5.41) is 15.9. The average Bonchev–Trinajstić information content (AvgIpc) is 3.54. The third-order valence-corrected chi connectivity index (χ3v) is 5.30. The third-order valence-electron chi connectivity index (χ3n) is 5.30. The van der Waals surface area contributed by atoms with Gasteiger partial charge in [0, 0.05) is 7.11 Å². The quantitative estimate of drug-likeness (QED) is 0.147. The Morgan fingerprint density at radius 2 is 1.21 bits per heavy atom. The fraction of sp³-hybridized carbons (Fsp3) is 0.556. The van der Waals surface area contributed by atoms with Gasteiger partial charge in [-0.25, -0.2) is 0 Å². The fourth-order valence-corrected chi connectivity index (χ4v) is 4.12. The van der Waals surface area contributed by atoms with Gasteiger partial charge in [-0.1, -0.05) is 24.3 Å². The number of esters is 3. The van der Waals surface area contributed by atoms with E-state index in [1.165, 1.54) is 7.11 Å². The van der Waals surface area contributed by atoms with Crippen LogP contribution in [0.15, 0.2) is 24.3 Å². The lowest BCUT2D eigenvalue weighted by Crippen LogP contribution is -2.36. The lowest BCUT2D eigenvalue weighted by atomic mass is 9.83. The van der Waals surface area contributed by atoms with Crippen molar-refractivity contribution in [2.45, 2.75) is 24.4 Å². The molecule has 0 aliphatic carbocycles. The number of carbonyl (C=O) groups excluding carboxylic acids is 3. The normalized spacial score (nSPS) is 35.9. The zero-order valence-electron chi connectivity index (χ0n) is 17.2. The number of carbonyl (C=O) groups is 4. The lowest BCUT2D eigenvalue weighted by molar-refractivity contribution is -0.156. The molecule has 8 unspecified atom stereocenters. The van der Waals surface area contributed by atoms with Crippen LogP contribution in [0.2, 0.25) is 0 Å². The standard InChI is InChI=1S/C9H10O5.C8H6O4.CH4O.H2O4S/c1-13-9(12)7-5-3-2-4(14-5)6(7)8(10)11;9-7-5-3-1-2-4(11-3)6(5)8(10)12-7;1-2;1-5(2,3)4/h2-7H,1H3,(H,10,11);1-6H;2H,1H3;(H2,1,2,3,4). The van der Waals surface area contributed by atoms with Crippen molar-refractivity contribution in [2.24, 2.45) is 23.7 Å².